The highest BCUT2D eigenvalue weighted by Crippen LogP contribution is 2.28. The maximum atomic E-state index is 11.8. The zero-order valence-corrected chi connectivity index (χ0v) is 13.5. The van der Waals surface area contributed by atoms with Crippen molar-refractivity contribution in [1.29, 1.82) is 0 Å². The lowest BCUT2D eigenvalue weighted by Crippen LogP contribution is -2.21. The van der Waals surface area contributed by atoms with Crippen molar-refractivity contribution < 1.29 is 4.79 Å². The number of hydrogen-bond acceptors (Lipinski definition) is 2. The van der Waals surface area contributed by atoms with E-state index < -0.39 is 0 Å². The Kier molecular flexibility index (Phi) is 5.66. The number of benzene rings is 1. The molecule has 2 rings (SSSR count). The smallest absolute Gasteiger partial charge is 0.251 e. The van der Waals surface area contributed by atoms with Gasteiger partial charge in [0, 0.05) is 24.3 Å². The lowest BCUT2D eigenvalue weighted by Gasteiger charge is -2.20. The van der Waals surface area contributed by atoms with E-state index in [2.05, 4.69) is 24.5 Å². The summed E-state index contributed by atoms with van der Waals surface area (Å²) in [5.41, 5.74) is 3.04. The van der Waals surface area contributed by atoms with Gasteiger partial charge in [-0.15, -0.1) is 0 Å². The first kappa shape index (κ1) is 15.9. The minimum absolute atomic E-state index is 0.0232. The van der Waals surface area contributed by atoms with Gasteiger partial charge in [0.1, 0.15) is 0 Å². The number of carbonyl (C=O) groups excluding carboxylic acids is 1. The molecule has 1 fully saturated rings. The molecule has 1 saturated carbocycles. The van der Waals surface area contributed by atoms with Crippen LogP contribution in [-0.4, -0.2) is 19.0 Å². The van der Waals surface area contributed by atoms with Crippen LogP contribution in [0.2, 0.25) is 0 Å². The number of rotatable bonds is 4. The molecular weight excluding hydrogens is 260 g/mol. The number of nitrogens with one attached hydrogen (secondary N) is 2. The fourth-order valence-corrected chi connectivity index (χ4v) is 3.21. The molecule has 3 nitrogen and oxygen atoms in total. The largest absolute Gasteiger partial charge is 0.382 e. The van der Waals surface area contributed by atoms with E-state index in [9.17, 15) is 4.79 Å². The summed E-state index contributed by atoms with van der Waals surface area (Å²) in [6.07, 6.45) is 7.78. The number of carbonyl (C=O) groups is 1. The number of amides is 1. The van der Waals surface area contributed by atoms with Crippen LogP contribution < -0.4 is 10.6 Å². The molecule has 21 heavy (non-hydrogen) atoms. The summed E-state index contributed by atoms with van der Waals surface area (Å²) in [7, 11) is 1.67. The fraction of sp³-hybridized carbons (Fsp3) is 0.611. The predicted octanol–water partition coefficient (Wildman–Crippen LogP) is 4.13. The van der Waals surface area contributed by atoms with E-state index in [1.165, 1.54) is 44.1 Å². The second-order valence-electron chi connectivity index (χ2n) is 6.23. The summed E-state index contributed by atoms with van der Waals surface area (Å²) in [4.78, 5) is 11.8. The molecule has 0 radical (unpaired) electrons. The molecule has 1 aromatic carbocycles. The molecule has 3 heteroatoms. The molecule has 2 unspecified atom stereocenters. The van der Waals surface area contributed by atoms with E-state index in [1.807, 2.05) is 18.2 Å². The van der Waals surface area contributed by atoms with Gasteiger partial charge in [-0.25, -0.2) is 0 Å². The Morgan fingerprint density at radius 3 is 2.76 bits per heavy atom. The molecule has 0 aromatic heterocycles. The molecule has 1 aromatic rings. The van der Waals surface area contributed by atoms with Gasteiger partial charge in [-0.1, -0.05) is 32.3 Å². The molecule has 0 spiro atoms. The Labute approximate surface area is 128 Å². The molecule has 0 aliphatic heterocycles. The molecule has 0 bridgehead atoms. The first-order valence-corrected chi connectivity index (χ1v) is 8.23. The maximum Gasteiger partial charge on any atom is 0.251 e. The molecule has 2 N–H and O–H groups in total. The van der Waals surface area contributed by atoms with Crippen molar-refractivity contribution in [3.05, 3.63) is 29.3 Å². The summed E-state index contributed by atoms with van der Waals surface area (Å²) >= 11 is 0. The van der Waals surface area contributed by atoms with E-state index in [4.69, 9.17) is 0 Å². The van der Waals surface area contributed by atoms with Crippen LogP contribution in [0.5, 0.6) is 0 Å². The number of hydrogen-bond donors (Lipinski definition) is 2. The van der Waals surface area contributed by atoms with Gasteiger partial charge in [0.2, 0.25) is 0 Å². The Hall–Kier alpha value is -1.51. The van der Waals surface area contributed by atoms with E-state index in [0.717, 1.165) is 17.2 Å². The van der Waals surface area contributed by atoms with Crippen molar-refractivity contribution in [2.24, 2.45) is 5.92 Å². The minimum atomic E-state index is -0.0232. The monoisotopic (exact) mass is 288 g/mol. The van der Waals surface area contributed by atoms with Crippen LogP contribution in [0.3, 0.4) is 0 Å². The molecule has 116 valence electrons. The predicted molar refractivity (Wildman–Crippen MR) is 88.8 cm³/mol. The molecule has 1 aliphatic rings. The van der Waals surface area contributed by atoms with E-state index in [0.29, 0.717) is 6.04 Å². The standard InChI is InChI=1S/C18H28N2O/c1-4-14-6-5-7-16(11-9-14)20-17-12-15(18(21)19-3)10-8-13(17)2/h8,10,12,14,16,20H,4-7,9,11H2,1-3H3,(H,19,21). The van der Waals surface area contributed by atoms with Gasteiger partial charge in [0.25, 0.3) is 5.91 Å². The topological polar surface area (TPSA) is 41.1 Å². The third kappa shape index (κ3) is 4.23. The van der Waals surface area contributed by atoms with Crippen LogP contribution in [0.25, 0.3) is 0 Å². The normalized spacial score (nSPS) is 22.4. The van der Waals surface area contributed by atoms with Crippen molar-refractivity contribution in [1.82, 2.24) is 5.32 Å². The van der Waals surface area contributed by atoms with Gasteiger partial charge < -0.3 is 10.6 Å². The van der Waals surface area contributed by atoms with Gasteiger partial charge >= 0.3 is 0 Å². The third-order valence-electron chi connectivity index (χ3n) is 4.75. The average molecular weight is 288 g/mol. The van der Waals surface area contributed by atoms with E-state index in [-0.39, 0.29) is 5.91 Å². The van der Waals surface area contributed by atoms with Crippen molar-refractivity contribution in [2.45, 2.75) is 58.4 Å². The van der Waals surface area contributed by atoms with Crippen LogP contribution in [0.1, 0.15) is 61.4 Å². The van der Waals surface area contributed by atoms with Crippen LogP contribution in [0, 0.1) is 12.8 Å². The highest BCUT2D eigenvalue weighted by molar-refractivity contribution is 5.95. The van der Waals surface area contributed by atoms with E-state index in [1.54, 1.807) is 7.05 Å². The van der Waals surface area contributed by atoms with Gasteiger partial charge in [0.15, 0.2) is 0 Å². The zero-order valence-electron chi connectivity index (χ0n) is 13.5. The van der Waals surface area contributed by atoms with E-state index >= 15 is 0 Å². The second kappa shape index (κ2) is 7.48. The third-order valence-corrected chi connectivity index (χ3v) is 4.75. The van der Waals surface area contributed by atoms with Crippen molar-refractivity contribution in [3.63, 3.8) is 0 Å². The van der Waals surface area contributed by atoms with Crippen molar-refractivity contribution >= 4 is 11.6 Å². The quantitative estimate of drug-likeness (QED) is 0.818. The first-order valence-electron chi connectivity index (χ1n) is 8.23. The molecule has 0 saturated heterocycles. The Bertz CT molecular complexity index is 484. The lowest BCUT2D eigenvalue weighted by atomic mass is 9.97. The molecule has 2 atom stereocenters. The summed E-state index contributed by atoms with van der Waals surface area (Å²) in [5, 5.41) is 6.36. The van der Waals surface area contributed by atoms with Crippen LogP contribution in [0.15, 0.2) is 18.2 Å². The number of aryl methyl sites for hydroxylation is 1. The number of anilines is 1. The molecular formula is C18H28N2O. The summed E-state index contributed by atoms with van der Waals surface area (Å²) in [5.74, 6) is 0.875. The average Bonchev–Trinajstić information content (AvgIpc) is 2.73. The highest BCUT2D eigenvalue weighted by Gasteiger charge is 2.18. The van der Waals surface area contributed by atoms with Crippen LogP contribution in [0.4, 0.5) is 5.69 Å². The van der Waals surface area contributed by atoms with Crippen molar-refractivity contribution in [2.75, 3.05) is 12.4 Å². The van der Waals surface area contributed by atoms with Gasteiger partial charge in [-0.3, -0.25) is 4.79 Å². The Morgan fingerprint density at radius 2 is 2.05 bits per heavy atom. The molecule has 1 amide bonds. The van der Waals surface area contributed by atoms with Crippen LogP contribution in [-0.2, 0) is 0 Å². The maximum absolute atomic E-state index is 11.8. The second-order valence-corrected chi connectivity index (χ2v) is 6.23. The lowest BCUT2D eigenvalue weighted by molar-refractivity contribution is 0.0963. The summed E-state index contributed by atoms with van der Waals surface area (Å²) in [6.45, 7) is 4.40. The van der Waals surface area contributed by atoms with Crippen LogP contribution >= 0.6 is 0 Å². The Morgan fingerprint density at radius 1 is 1.24 bits per heavy atom. The van der Waals surface area contributed by atoms with Gasteiger partial charge in [0.05, 0.1) is 0 Å². The SMILES string of the molecule is CCC1CCCC(Nc2cc(C(=O)NC)ccc2C)CC1. The fourth-order valence-electron chi connectivity index (χ4n) is 3.21. The first-order chi connectivity index (χ1) is 10.1. The summed E-state index contributed by atoms with van der Waals surface area (Å²) < 4.78 is 0. The summed E-state index contributed by atoms with van der Waals surface area (Å²) in [6, 6.07) is 6.44. The molecule has 0 heterocycles. The minimum Gasteiger partial charge on any atom is -0.382 e. The van der Waals surface area contributed by atoms with Gasteiger partial charge in [-0.2, -0.15) is 0 Å². The Balaban J connectivity index is 2.06. The zero-order chi connectivity index (χ0) is 15.2. The van der Waals surface area contributed by atoms with Gasteiger partial charge in [-0.05, 0) is 49.8 Å². The highest BCUT2D eigenvalue weighted by atomic mass is 16.1. The van der Waals surface area contributed by atoms with Crippen molar-refractivity contribution in [3.8, 4) is 0 Å². The molecule has 1 aliphatic carbocycles.